The van der Waals surface area contributed by atoms with Crippen molar-refractivity contribution >= 4 is 5.91 Å². The summed E-state index contributed by atoms with van der Waals surface area (Å²) < 4.78 is 10.1. The zero-order valence-electron chi connectivity index (χ0n) is 18.6. The minimum Gasteiger partial charge on any atom is -0.373 e. The van der Waals surface area contributed by atoms with E-state index in [9.17, 15) is 4.79 Å². The highest BCUT2D eigenvalue weighted by Gasteiger charge is 2.39. The van der Waals surface area contributed by atoms with Crippen molar-refractivity contribution in [3.8, 4) is 0 Å². The Balaban J connectivity index is 1.61. The van der Waals surface area contributed by atoms with E-state index in [2.05, 4.69) is 21.9 Å². The van der Waals surface area contributed by atoms with Crippen molar-refractivity contribution in [2.45, 2.75) is 25.5 Å². The minimum absolute atomic E-state index is 0.0701. The molecule has 2 aliphatic rings. The number of aromatic nitrogens is 3. The van der Waals surface area contributed by atoms with Crippen LogP contribution < -0.4 is 0 Å². The number of likely N-dealkylation sites (N-methyl/N-ethyl adjacent to an activating group) is 1. The fourth-order valence-corrected chi connectivity index (χ4v) is 4.63. The molecule has 8 heteroatoms. The van der Waals surface area contributed by atoms with Gasteiger partial charge in [-0.1, -0.05) is 0 Å². The quantitative estimate of drug-likeness (QED) is 0.755. The normalized spacial score (nSPS) is 24.2. The van der Waals surface area contributed by atoms with Crippen LogP contribution in [-0.2, 0) is 18.8 Å². The van der Waals surface area contributed by atoms with E-state index >= 15 is 0 Å². The predicted molar refractivity (Wildman–Crippen MR) is 115 cm³/mol. The first-order valence-electron chi connectivity index (χ1n) is 10.9. The molecule has 1 amide bonds. The van der Waals surface area contributed by atoms with E-state index in [4.69, 9.17) is 4.74 Å². The molecule has 2 fully saturated rings. The smallest absolute Gasteiger partial charge is 0.256 e. The number of hydrogen-bond acceptors (Lipinski definition) is 5. The van der Waals surface area contributed by atoms with Crippen LogP contribution >= 0.6 is 0 Å². The third-order valence-corrected chi connectivity index (χ3v) is 6.54. The highest BCUT2D eigenvalue weighted by molar-refractivity contribution is 5.95. The van der Waals surface area contributed by atoms with Gasteiger partial charge in [0.25, 0.3) is 5.91 Å². The van der Waals surface area contributed by atoms with Crippen LogP contribution in [0.3, 0.4) is 0 Å². The zero-order valence-corrected chi connectivity index (χ0v) is 18.6. The van der Waals surface area contributed by atoms with Crippen LogP contribution in [0, 0.1) is 6.92 Å². The van der Waals surface area contributed by atoms with Crippen LogP contribution in [0.1, 0.15) is 34.1 Å². The third kappa shape index (κ3) is 4.31. The van der Waals surface area contributed by atoms with Gasteiger partial charge in [-0.15, -0.1) is 0 Å². The minimum atomic E-state index is -0.138. The predicted octanol–water partition coefficient (Wildman–Crippen LogP) is 1.29. The Kier molecular flexibility index (Phi) is 6.26. The van der Waals surface area contributed by atoms with Crippen LogP contribution in [0.25, 0.3) is 0 Å². The van der Waals surface area contributed by atoms with Gasteiger partial charge in [-0.05, 0) is 39.5 Å². The summed E-state index contributed by atoms with van der Waals surface area (Å²) in [5, 5.41) is 4.38. The molecule has 2 atom stereocenters. The first kappa shape index (κ1) is 21.1. The summed E-state index contributed by atoms with van der Waals surface area (Å²) in [6.45, 7) is 8.27. The largest absolute Gasteiger partial charge is 0.373 e. The number of morpholine rings is 1. The Morgan fingerprint density at radius 3 is 2.70 bits per heavy atom. The topological polar surface area (TPSA) is 58.8 Å². The van der Waals surface area contributed by atoms with Gasteiger partial charge in [0.1, 0.15) is 0 Å². The highest BCUT2D eigenvalue weighted by Crippen LogP contribution is 2.32. The second-order valence-corrected chi connectivity index (χ2v) is 8.68. The molecule has 2 aliphatic heterocycles. The number of ether oxygens (including phenoxy) is 1. The molecular formula is C22H34N6O2. The van der Waals surface area contributed by atoms with Gasteiger partial charge in [0.2, 0.25) is 0 Å². The van der Waals surface area contributed by atoms with Gasteiger partial charge in [0.05, 0.1) is 30.5 Å². The van der Waals surface area contributed by atoms with E-state index in [0.717, 1.165) is 56.0 Å². The van der Waals surface area contributed by atoms with Gasteiger partial charge < -0.3 is 19.1 Å². The molecule has 4 heterocycles. The first-order chi connectivity index (χ1) is 14.4. The Labute approximate surface area is 179 Å². The maximum Gasteiger partial charge on any atom is 0.256 e. The first-order valence-corrected chi connectivity index (χ1v) is 10.9. The lowest BCUT2D eigenvalue weighted by atomic mass is 9.99. The lowest BCUT2D eigenvalue weighted by Gasteiger charge is -2.42. The molecule has 8 nitrogen and oxygen atoms in total. The summed E-state index contributed by atoms with van der Waals surface area (Å²) in [6, 6.07) is 1.79. The van der Waals surface area contributed by atoms with Gasteiger partial charge >= 0.3 is 0 Å². The Hall–Kier alpha value is -2.16. The maximum absolute atomic E-state index is 13.6. The van der Waals surface area contributed by atoms with Crippen LogP contribution in [-0.4, -0.2) is 94.0 Å². The van der Waals surface area contributed by atoms with Gasteiger partial charge in [-0.2, -0.15) is 5.10 Å². The molecule has 30 heavy (non-hydrogen) atoms. The standard InChI is InChI=1S/C22H34N6O2/c1-17-19(6-9-25(17)3)22(29)28-12-13-30-20(21(28)18-14-23-26(4)15-18)16-27-8-5-7-24(2)10-11-27/h6,9,14-15,20-21H,5,7-8,10-13,16H2,1-4H3/t20-,21-/m0/s1. The van der Waals surface area contributed by atoms with E-state index in [-0.39, 0.29) is 18.1 Å². The summed E-state index contributed by atoms with van der Waals surface area (Å²) in [5.41, 5.74) is 2.79. The second-order valence-electron chi connectivity index (χ2n) is 8.68. The maximum atomic E-state index is 13.6. The zero-order chi connectivity index (χ0) is 21.3. The Morgan fingerprint density at radius 1 is 1.17 bits per heavy atom. The van der Waals surface area contributed by atoms with E-state index < -0.39 is 0 Å². The monoisotopic (exact) mass is 414 g/mol. The number of amides is 1. The molecule has 0 bridgehead atoms. The van der Waals surface area contributed by atoms with Gasteiger partial charge in [-0.3, -0.25) is 14.4 Å². The van der Waals surface area contributed by atoms with Gasteiger partial charge in [0.15, 0.2) is 0 Å². The fraction of sp³-hybridized carbons (Fsp3) is 0.636. The number of carbonyl (C=O) groups excluding carboxylic acids is 1. The Morgan fingerprint density at radius 2 is 2.00 bits per heavy atom. The molecule has 0 spiro atoms. The van der Waals surface area contributed by atoms with E-state index in [1.165, 1.54) is 0 Å². The summed E-state index contributed by atoms with van der Waals surface area (Å²) in [5.74, 6) is 0.0749. The molecule has 2 aromatic heterocycles. The molecule has 0 aliphatic carbocycles. The molecule has 0 saturated carbocycles. The van der Waals surface area contributed by atoms with Gasteiger partial charge in [-0.25, -0.2) is 0 Å². The van der Waals surface area contributed by atoms with Gasteiger partial charge in [0, 0.05) is 63.9 Å². The average molecular weight is 415 g/mol. The van der Waals surface area contributed by atoms with Crippen molar-refractivity contribution in [2.24, 2.45) is 14.1 Å². The summed E-state index contributed by atoms with van der Waals surface area (Å²) in [7, 11) is 6.07. The van der Waals surface area contributed by atoms with Crippen LogP contribution in [0.2, 0.25) is 0 Å². The van der Waals surface area contributed by atoms with Crippen molar-refractivity contribution in [1.82, 2.24) is 29.0 Å². The molecule has 0 radical (unpaired) electrons. The number of nitrogens with zero attached hydrogens (tertiary/aromatic N) is 6. The summed E-state index contributed by atoms with van der Waals surface area (Å²) >= 11 is 0. The molecule has 164 valence electrons. The Bertz CT molecular complexity index is 875. The van der Waals surface area contributed by atoms with Crippen molar-refractivity contribution < 1.29 is 9.53 Å². The van der Waals surface area contributed by atoms with Crippen LogP contribution in [0.5, 0.6) is 0 Å². The molecule has 0 N–H and O–H groups in total. The lowest BCUT2D eigenvalue weighted by molar-refractivity contribution is -0.0723. The molecular weight excluding hydrogens is 380 g/mol. The summed E-state index contributed by atoms with van der Waals surface area (Å²) in [6.07, 6.45) is 6.93. The highest BCUT2D eigenvalue weighted by atomic mass is 16.5. The molecule has 2 aromatic rings. The number of carbonyl (C=O) groups is 1. The third-order valence-electron chi connectivity index (χ3n) is 6.54. The number of rotatable bonds is 4. The molecule has 0 unspecified atom stereocenters. The van der Waals surface area contributed by atoms with E-state index in [1.807, 2.05) is 55.1 Å². The van der Waals surface area contributed by atoms with E-state index in [1.54, 1.807) is 4.68 Å². The molecule has 4 rings (SSSR count). The second kappa shape index (κ2) is 8.91. The van der Waals surface area contributed by atoms with Crippen molar-refractivity contribution in [1.29, 1.82) is 0 Å². The summed E-state index contributed by atoms with van der Waals surface area (Å²) in [4.78, 5) is 20.4. The van der Waals surface area contributed by atoms with Crippen molar-refractivity contribution in [2.75, 3.05) is 52.9 Å². The van der Waals surface area contributed by atoms with Crippen LogP contribution in [0.4, 0.5) is 0 Å². The molecule has 2 saturated heterocycles. The van der Waals surface area contributed by atoms with E-state index in [0.29, 0.717) is 13.2 Å². The fourth-order valence-electron chi connectivity index (χ4n) is 4.63. The van der Waals surface area contributed by atoms with Crippen molar-refractivity contribution in [3.05, 3.63) is 41.5 Å². The average Bonchev–Trinajstić information content (AvgIpc) is 3.23. The lowest BCUT2D eigenvalue weighted by Crippen LogP contribution is -2.52. The molecule has 0 aromatic carbocycles. The SMILES string of the molecule is Cc1c(C(=O)N2CCO[C@@H](CN3CCCN(C)CC3)[C@@H]2c2cnn(C)c2)ccn1C. The number of aryl methyl sites for hydroxylation is 2. The number of hydrogen-bond donors (Lipinski definition) is 0. The van der Waals surface area contributed by atoms with Crippen LogP contribution in [0.15, 0.2) is 24.7 Å². The van der Waals surface area contributed by atoms with Crippen molar-refractivity contribution in [3.63, 3.8) is 0 Å².